The quantitative estimate of drug-likeness (QED) is 0.801. The number of likely N-dealkylation sites (tertiary alicyclic amines) is 1. The number of aliphatic hydroxyl groups excluding tert-OH is 1. The lowest BCUT2D eigenvalue weighted by Crippen LogP contribution is -2.52. The summed E-state index contributed by atoms with van der Waals surface area (Å²) in [6, 6.07) is 9.53. The normalized spacial score (nSPS) is 23.2. The number of aliphatic hydroxyl groups is 1. The van der Waals surface area contributed by atoms with Crippen LogP contribution in [0, 0.1) is 6.92 Å². The van der Waals surface area contributed by atoms with Gasteiger partial charge in [-0.2, -0.15) is 0 Å². The summed E-state index contributed by atoms with van der Waals surface area (Å²) in [6.07, 6.45) is 5.73. The molecule has 2 fully saturated rings. The van der Waals surface area contributed by atoms with Gasteiger partial charge in [0, 0.05) is 43.9 Å². The molecule has 6 nitrogen and oxygen atoms in total. The molecule has 2 atom stereocenters. The largest absolute Gasteiger partial charge is 0.491 e. The van der Waals surface area contributed by atoms with Crippen LogP contribution in [0.3, 0.4) is 0 Å². The molecule has 1 spiro atoms. The molecule has 0 saturated carbocycles. The van der Waals surface area contributed by atoms with Crippen molar-refractivity contribution in [3.63, 3.8) is 0 Å². The second kappa shape index (κ2) is 8.97. The maximum absolute atomic E-state index is 13.1. The lowest BCUT2D eigenvalue weighted by molar-refractivity contribution is -0.181. The number of piperidine rings is 1. The Kier molecular flexibility index (Phi) is 6.30. The molecule has 6 heteroatoms. The van der Waals surface area contributed by atoms with Crippen molar-refractivity contribution in [3.8, 4) is 5.75 Å². The zero-order valence-corrected chi connectivity index (χ0v) is 18.6. The van der Waals surface area contributed by atoms with Gasteiger partial charge in [0.25, 0.3) is 5.91 Å². The van der Waals surface area contributed by atoms with Gasteiger partial charge in [0.1, 0.15) is 5.75 Å². The van der Waals surface area contributed by atoms with Gasteiger partial charge < -0.3 is 19.5 Å². The number of ether oxygens (including phenoxy) is 2. The summed E-state index contributed by atoms with van der Waals surface area (Å²) in [7, 11) is 0. The van der Waals surface area contributed by atoms with E-state index in [4.69, 9.17) is 9.47 Å². The number of carbonyl (C=O) groups excluding carboxylic acids is 1. The fourth-order valence-electron chi connectivity index (χ4n) is 4.72. The molecule has 0 bridgehead atoms. The summed E-state index contributed by atoms with van der Waals surface area (Å²) in [5, 5.41) is 10.5. The second-order valence-electron chi connectivity index (χ2n) is 9.11. The lowest BCUT2D eigenvalue weighted by Gasteiger charge is -2.48. The third-order valence-electron chi connectivity index (χ3n) is 6.29. The van der Waals surface area contributed by atoms with Gasteiger partial charge in [-0.3, -0.25) is 9.78 Å². The highest BCUT2D eigenvalue weighted by molar-refractivity contribution is 5.94. The van der Waals surface area contributed by atoms with E-state index < -0.39 is 6.10 Å². The van der Waals surface area contributed by atoms with E-state index >= 15 is 0 Å². The molecule has 1 aromatic carbocycles. The van der Waals surface area contributed by atoms with Crippen molar-refractivity contribution in [1.29, 1.82) is 0 Å². The molecule has 2 aliphatic rings. The summed E-state index contributed by atoms with van der Waals surface area (Å²) < 4.78 is 12.3. The van der Waals surface area contributed by atoms with Gasteiger partial charge >= 0.3 is 0 Å². The van der Waals surface area contributed by atoms with Gasteiger partial charge in [0.05, 0.1) is 23.9 Å². The van der Waals surface area contributed by atoms with Crippen LogP contribution in [0.15, 0.2) is 42.7 Å². The van der Waals surface area contributed by atoms with Crippen molar-refractivity contribution < 1.29 is 19.4 Å². The van der Waals surface area contributed by atoms with Crippen LogP contribution >= 0.6 is 0 Å². The van der Waals surface area contributed by atoms with Gasteiger partial charge in [0.15, 0.2) is 0 Å². The highest BCUT2D eigenvalue weighted by Gasteiger charge is 2.44. The number of nitrogens with zero attached hydrogens (tertiary/aromatic N) is 2. The molecule has 2 saturated heterocycles. The van der Waals surface area contributed by atoms with Crippen LogP contribution in [-0.2, 0) is 4.74 Å². The molecular formula is C25H32N2O4. The van der Waals surface area contributed by atoms with Crippen molar-refractivity contribution >= 4 is 5.91 Å². The Hall–Kier alpha value is -2.44. The molecule has 0 unspecified atom stereocenters. The minimum absolute atomic E-state index is 0.0363. The van der Waals surface area contributed by atoms with Crippen molar-refractivity contribution in [1.82, 2.24) is 9.88 Å². The third kappa shape index (κ3) is 4.91. The maximum atomic E-state index is 13.1. The zero-order chi connectivity index (χ0) is 22.0. The molecule has 0 radical (unpaired) electrons. The first-order chi connectivity index (χ1) is 14.8. The number of hydrogen-bond donors (Lipinski definition) is 1. The van der Waals surface area contributed by atoms with Crippen molar-refractivity contribution in [2.24, 2.45) is 0 Å². The molecule has 0 aliphatic carbocycles. The van der Waals surface area contributed by atoms with Crippen LogP contribution in [-0.4, -0.2) is 51.8 Å². The Morgan fingerprint density at radius 3 is 2.71 bits per heavy atom. The fraction of sp³-hybridized carbons (Fsp3) is 0.520. The molecular weight excluding hydrogens is 392 g/mol. The number of aryl methyl sites for hydroxylation is 1. The zero-order valence-electron chi connectivity index (χ0n) is 18.6. The molecule has 31 heavy (non-hydrogen) atoms. The highest BCUT2D eigenvalue weighted by atomic mass is 16.5. The molecule has 1 N–H and O–H groups in total. The van der Waals surface area contributed by atoms with E-state index in [1.54, 1.807) is 6.20 Å². The summed E-state index contributed by atoms with van der Waals surface area (Å²) >= 11 is 0. The van der Waals surface area contributed by atoms with Crippen molar-refractivity contribution in [2.45, 2.75) is 70.4 Å². The van der Waals surface area contributed by atoms with Crippen LogP contribution in [0.2, 0.25) is 0 Å². The lowest BCUT2D eigenvalue weighted by atomic mass is 9.81. The number of carbonyl (C=O) groups is 1. The first kappa shape index (κ1) is 21.8. The molecule has 1 amide bonds. The van der Waals surface area contributed by atoms with Crippen LogP contribution < -0.4 is 4.74 Å². The SMILES string of the molecule is Cc1cc(C(=O)N2CCC3(CC2)C[C@H](O)C[C@H](c2cccnc2)O3)ccc1OC(C)C. The summed E-state index contributed by atoms with van der Waals surface area (Å²) in [5.74, 6) is 0.851. The van der Waals surface area contributed by atoms with Gasteiger partial charge in [0.2, 0.25) is 0 Å². The van der Waals surface area contributed by atoms with E-state index in [1.807, 2.05) is 62.2 Å². The van der Waals surface area contributed by atoms with E-state index in [2.05, 4.69) is 4.98 Å². The van der Waals surface area contributed by atoms with E-state index in [0.717, 1.165) is 29.7 Å². The summed E-state index contributed by atoms with van der Waals surface area (Å²) in [6.45, 7) is 7.19. The Labute approximate surface area is 184 Å². The molecule has 2 aliphatic heterocycles. The van der Waals surface area contributed by atoms with E-state index in [0.29, 0.717) is 31.5 Å². The average molecular weight is 425 g/mol. The molecule has 1 aromatic heterocycles. The van der Waals surface area contributed by atoms with Crippen LogP contribution in [0.4, 0.5) is 0 Å². The average Bonchev–Trinajstić information content (AvgIpc) is 2.75. The number of aromatic nitrogens is 1. The summed E-state index contributed by atoms with van der Waals surface area (Å²) in [5.41, 5.74) is 2.26. The van der Waals surface area contributed by atoms with Crippen LogP contribution in [0.25, 0.3) is 0 Å². The first-order valence-corrected chi connectivity index (χ1v) is 11.2. The number of hydrogen-bond acceptors (Lipinski definition) is 5. The van der Waals surface area contributed by atoms with Gasteiger partial charge in [-0.25, -0.2) is 0 Å². The first-order valence-electron chi connectivity index (χ1n) is 11.2. The highest BCUT2D eigenvalue weighted by Crippen LogP contribution is 2.43. The van der Waals surface area contributed by atoms with Crippen molar-refractivity contribution in [2.75, 3.05) is 13.1 Å². The van der Waals surface area contributed by atoms with Gasteiger partial charge in [-0.15, -0.1) is 0 Å². The molecule has 2 aromatic rings. The predicted molar refractivity (Wildman–Crippen MR) is 118 cm³/mol. The monoisotopic (exact) mass is 424 g/mol. The van der Waals surface area contributed by atoms with Crippen molar-refractivity contribution in [3.05, 3.63) is 59.4 Å². The number of benzene rings is 1. The number of amides is 1. The number of pyridine rings is 1. The minimum atomic E-state index is -0.405. The molecule has 3 heterocycles. The molecule has 4 rings (SSSR count). The van der Waals surface area contributed by atoms with E-state index in [-0.39, 0.29) is 23.7 Å². The third-order valence-corrected chi connectivity index (χ3v) is 6.29. The Bertz CT molecular complexity index is 907. The number of rotatable bonds is 4. The van der Waals surface area contributed by atoms with Gasteiger partial charge in [-0.1, -0.05) is 6.07 Å². The van der Waals surface area contributed by atoms with Crippen LogP contribution in [0.1, 0.15) is 67.1 Å². The minimum Gasteiger partial charge on any atom is -0.491 e. The van der Waals surface area contributed by atoms with Crippen LogP contribution in [0.5, 0.6) is 5.75 Å². The second-order valence-corrected chi connectivity index (χ2v) is 9.11. The Balaban J connectivity index is 1.42. The predicted octanol–water partition coefficient (Wildman–Crippen LogP) is 4.06. The van der Waals surface area contributed by atoms with E-state index in [9.17, 15) is 9.90 Å². The smallest absolute Gasteiger partial charge is 0.253 e. The maximum Gasteiger partial charge on any atom is 0.253 e. The molecule has 166 valence electrons. The summed E-state index contributed by atoms with van der Waals surface area (Å²) in [4.78, 5) is 19.2. The van der Waals surface area contributed by atoms with Gasteiger partial charge in [-0.05, 0) is 69.0 Å². The topological polar surface area (TPSA) is 71.9 Å². The van der Waals surface area contributed by atoms with E-state index in [1.165, 1.54) is 0 Å². The standard InChI is InChI=1S/C25H32N2O4/c1-17(2)30-22-7-6-19(13-18(22)3)24(29)27-11-8-25(9-12-27)15-21(28)14-23(31-25)20-5-4-10-26-16-20/h4-7,10,13,16-17,21,23,28H,8-9,11-12,14-15H2,1-3H3/t21-,23-/m1/s1. The fourth-order valence-corrected chi connectivity index (χ4v) is 4.72. The Morgan fingerprint density at radius 1 is 1.29 bits per heavy atom. The Morgan fingerprint density at radius 2 is 2.06 bits per heavy atom.